The molecular formula is C13H16ClNO2. The van der Waals surface area contributed by atoms with Gasteiger partial charge < -0.3 is 10.0 Å². The van der Waals surface area contributed by atoms with Crippen molar-refractivity contribution in [3.05, 3.63) is 28.8 Å². The molecule has 0 bridgehead atoms. The summed E-state index contributed by atoms with van der Waals surface area (Å²) >= 11 is 6.00. The van der Waals surface area contributed by atoms with Gasteiger partial charge in [0.2, 0.25) is 0 Å². The second-order valence-electron chi connectivity index (χ2n) is 4.48. The van der Waals surface area contributed by atoms with Gasteiger partial charge in [0.25, 0.3) is 0 Å². The number of carbonyl (C=O) groups is 1. The molecule has 0 saturated heterocycles. The average molecular weight is 254 g/mol. The maximum Gasteiger partial charge on any atom is 0.306 e. The Bertz CT molecular complexity index is 447. The zero-order valence-electron chi connectivity index (χ0n) is 9.98. The molecule has 2 unspecified atom stereocenters. The molecule has 0 aliphatic carbocycles. The second-order valence-corrected chi connectivity index (χ2v) is 4.91. The van der Waals surface area contributed by atoms with Crippen molar-refractivity contribution in [3.63, 3.8) is 0 Å². The zero-order valence-corrected chi connectivity index (χ0v) is 10.7. The van der Waals surface area contributed by atoms with Gasteiger partial charge in [-0.3, -0.25) is 4.79 Å². The van der Waals surface area contributed by atoms with Crippen LogP contribution in [0.15, 0.2) is 18.2 Å². The van der Waals surface area contributed by atoms with Crippen LogP contribution < -0.4 is 4.90 Å². The Balaban J connectivity index is 2.41. The molecule has 0 spiro atoms. The highest BCUT2D eigenvalue weighted by molar-refractivity contribution is 6.30. The van der Waals surface area contributed by atoms with Gasteiger partial charge in [0, 0.05) is 29.7 Å². The minimum Gasteiger partial charge on any atom is -0.481 e. The van der Waals surface area contributed by atoms with E-state index in [0.717, 1.165) is 24.3 Å². The lowest BCUT2D eigenvalue weighted by Gasteiger charge is -2.18. The molecule has 2 rings (SSSR count). The first kappa shape index (κ1) is 12.2. The van der Waals surface area contributed by atoms with Crippen molar-refractivity contribution in [1.29, 1.82) is 0 Å². The predicted octanol–water partition coefficient (Wildman–Crippen LogP) is 2.98. The van der Waals surface area contributed by atoms with E-state index in [1.54, 1.807) is 6.92 Å². The third-order valence-electron chi connectivity index (χ3n) is 3.52. The van der Waals surface area contributed by atoms with E-state index in [2.05, 4.69) is 11.8 Å². The normalized spacial score (nSPS) is 20.2. The molecule has 2 atom stereocenters. The van der Waals surface area contributed by atoms with Crippen molar-refractivity contribution in [1.82, 2.24) is 0 Å². The summed E-state index contributed by atoms with van der Waals surface area (Å²) in [5.41, 5.74) is 2.18. The van der Waals surface area contributed by atoms with Crippen molar-refractivity contribution < 1.29 is 9.90 Å². The van der Waals surface area contributed by atoms with Gasteiger partial charge in [0.05, 0.1) is 5.92 Å². The molecule has 4 heteroatoms. The molecule has 1 heterocycles. The summed E-state index contributed by atoms with van der Waals surface area (Å²) in [4.78, 5) is 13.3. The highest BCUT2D eigenvalue weighted by atomic mass is 35.5. The third kappa shape index (κ3) is 2.12. The maximum atomic E-state index is 11.1. The number of rotatable bonds is 3. The lowest BCUT2D eigenvalue weighted by Crippen LogP contribution is -2.26. The first-order valence-electron chi connectivity index (χ1n) is 5.81. The minimum atomic E-state index is -0.751. The van der Waals surface area contributed by atoms with E-state index < -0.39 is 5.97 Å². The van der Waals surface area contributed by atoms with E-state index in [9.17, 15) is 4.79 Å². The van der Waals surface area contributed by atoms with Gasteiger partial charge in [-0.2, -0.15) is 0 Å². The molecule has 0 saturated carbocycles. The summed E-state index contributed by atoms with van der Waals surface area (Å²) in [7, 11) is 0. The Kier molecular flexibility index (Phi) is 3.29. The number of halogens is 1. The summed E-state index contributed by atoms with van der Waals surface area (Å²) in [5.74, 6) is -1.11. The Morgan fingerprint density at radius 1 is 1.65 bits per heavy atom. The number of fused-ring (bicyclic) bond motifs is 1. The molecule has 0 amide bonds. The molecule has 17 heavy (non-hydrogen) atoms. The van der Waals surface area contributed by atoms with Gasteiger partial charge in [0.15, 0.2) is 0 Å². The standard InChI is InChI=1S/C13H16ClNO2/c1-3-15-7-11(8(2)13(16)17)10-6-9(14)4-5-12(10)15/h4-6,8,11H,3,7H2,1-2H3,(H,16,17). The lowest BCUT2D eigenvalue weighted by atomic mass is 9.89. The predicted molar refractivity (Wildman–Crippen MR) is 68.9 cm³/mol. The van der Waals surface area contributed by atoms with Gasteiger partial charge in [-0.15, -0.1) is 0 Å². The number of nitrogens with zero attached hydrogens (tertiary/aromatic N) is 1. The first-order chi connectivity index (χ1) is 8.04. The largest absolute Gasteiger partial charge is 0.481 e. The number of carboxylic acids is 1. The molecule has 1 aliphatic heterocycles. The first-order valence-corrected chi connectivity index (χ1v) is 6.19. The van der Waals surface area contributed by atoms with E-state index >= 15 is 0 Å². The summed E-state index contributed by atoms with van der Waals surface area (Å²) in [6, 6.07) is 5.74. The van der Waals surface area contributed by atoms with E-state index in [-0.39, 0.29) is 11.8 Å². The van der Waals surface area contributed by atoms with E-state index in [4.69, 9.17) is 16.7 Å². The molecule has 1 aliphatic rings. The van der Waals surface area contributed by atoms with Crippen LogP contribution in [0.3, 0.4) is 0 Å². The SMILES string of the molecule is CCN1CC(C(C)C(=O)O)c2cc(Cl)ccc21. The molecule has 3 nitrogen and oxygen atoms in total. The van der Waals surface area contributed by atoms with Crippen LogP contribution >= 0.6 is 11.6 Å². The Morgan fingerprint density at radius 3 is 2.94 bits per heavy atom. The highest BCUT2D eigenvalue weighted by Crippen LogP contribution is 2.41. The van der Waals surface area contributed by atoms with Crippen molar-refractivity contribution in [2.45, 2.75) is 19.8 Å². The number of anilines is 1. The number of aliphatic carboxylic acids is 1. The summed E-state index contributed by atoms with van der Waals surface area (Å²) in [5, 5.41) is 9.82. The van der Waals surface area contributed by atoms with Crippen LogP contribution in [0.2, 0.25) is 5.02 Å². The topological polar surface area (TPSA) is 40.5 Å². The van der Waals surface area contributed by atoms with Crippen LogP contribution in [-0.2, 0) is 4.79 Å². The van der Waals surface area contributed by atoms with Gasteiger partial charge >= 0.3 is 5.97 Å². The molecule has 0 fully saturated rings. The van der Waals surface area contributed by atoms with Crippen molar-refractivity contribution in [2.75, 3.05) is 18.0 Å². The Labute approximate surface area is 106 Å². The summed E-state index contributed by atoms with van der Waals surface area (Å²) in [6.45, 7) is 5.49. The van der Waals surface area contributed by atoms with Crippen molar-refractivity contribution in [3.8, 4) is 0 Å². The molecular weight excluding hydrogens is 238 g/mol. The highest BCUT2D eigenvalue weighted by Gasteiger charge is 2.34. The van der Waals surface area contributed by atoms with Crippen molar-refractivity contribution in [2.24, 2.45) is 5.92 Å². The number of likely N-dealkylation sites (N-methyl/N-ethyl adjacent to an activating group) is 1. The molecule has 0 radical (unpaired) electrons. The quantitative estimate of drug-likeness (QED) is 0.900. The molecule has 92 valence electrons. The van der Waals surface area contributed by atoms with E-state index in [1.165, 1.54) is 0 Å². The number of benzene rings is 1. The monoisotopic (exact) mass is 253 g/mol. The summed E-state index contributed by atoms with van der Waals surface area (Å²) in [6.07, 6.45) is 0. The van der Waals surface area contributed by atoms with Gasteiger partial charge in [-0.1, -0.05) is 18.5 Å². The van der Waals surface area contributed by atoms with Gasteiger partial charge in [-0.05, 0) is 30.7 Å². The fourth-order valence-corrected chi connectivity index (χ4v) is 2.62. The van der Waals surface area contributed by atoms with Gasteiger partial charge in [0.1, 0.15) is 0 Å². The number of hydrogen-bond acceptors (Lipinski definition) is 2. The molecule has 1 aromatic carbocycles. The molecule has 1 N–H and O–H groups in total. The van der Waals surface area contributed by atoms with Crippen LogP contribution in [0.4, 0.5) is 5.69 Å². The second kappa shape index (κ2) is 4.57. The third-order valence-corrected chi connectivity index (χ3v) is 3.76. The van der Waals surface area contributed by atoms with Crippen LogP contribution in [0, 0.1) is 5.92 Å². The Hall–Kier alpha value is -1.22. The summed E-state index contributed by atoms with van der Waals surface area (Å²) < 4.78 is 0. The van der Waals surface area contributed by atoms with Gasteiger partial charge in [-0.25, -0.2) is 0 Å². The Morgan fingerprint density at radius 2 is 2.35 bits per heavy atom. The number of hydrogen-bond donors (Lipinski definition) is 1. The fourth-order valence-electron chi connectivity index (χ4n) is 2.44. The minimum absolute atomic E-state index is 0.0288. The van der Waals surface area contributed by atoms with Crippen LogP contribution in [-0.4, -0.2) is 24.2 Å². The molecule has 1 aromatic rings. The average Bonchev–Trinajstić information content (AvgIpc) is 2.65. The van der Waals surface area contributed by atoms with Crippen LogP contribution in [0.1, 0.15) is 25.3 Å². The van der Waals surface area contributed by atoms with E-state index in [1.807, 2.05) is 18.2 Å². The lowest BCUT2D eigenvalue weighted by molar-refractivity contribution is -0.141. The van der Waals surface area contributed by atoms with Crippen molar-refractivity contribution >= 4 is 23.3 Å². The smallest absolute Gasteiger partial charge is 0.306 e. The molecule has 0 aromatic heterocycles. The maximum absolute atomic E-state index is 11.1. The zero-order chi connectivity index (χ0) is 12.6. The number of carboxylic acid groups (broad SMARTS) is 1. The van der Waals surface area contributed by atoms with Crippen LogP contribution in [0.25, 0.3) is 0 Å². The fraction of sp³-hybridized carbons (Fsp3) is 0.462. The van der Waals surface area contributed by atoms with E-state index in [0.29, 0.717) is 5.02 Å². The van der Waals surface area contributed by atoms with Crippen LogP contribution in [0.5, 0.6) is 0 Å².